The first-order valence-corrected chi connectivity index (χ1v) is 11.8. The first kappa shape index (κ1) is 21.6. The Hall–Kier alpha value is -3.19. The Morgan fingerprint density at radius 3 is 2.55 bits per heavy atom. The summed E-state index contributed by atoms with van der Waals surface area (Å²) in [5.74, 6) is -0.254. The van der Waals surface area contributed by atoms with Crippen LogP contribution in [0.15, 0.2) is 48.5 Å². The average molecular weight is 447 g/mol. The lowest BCUT2D eigenvalue weighted by atomic mass is 9.90. The number of para-hydroxylation sites is 1. The van der Waals surface area contributed by atoms with Gasteiger partial charge in [-0.05, 0) is 67.9 Å². The standard InChI is InChI=1S/C26H30N4O3/c1-26(21-11-10-18-6-5-7-20(18)16-21)24(32)30(25(33)28-26)17-29-14-12-19(13-15-29)23(31)27-22-8-3-2-4-9-22/h2-4,8-11,16,19H,5-7,12-15,17H2,1H3,(H,27,31)(H,28,33)/t26-/m0/s1. The Morgan fingerprint density at radius 2 is 1.79 bits per heavy atom. The minimum absolute atomic E-state index is 0.0278. The highest BCUT2D eigenvalue weighted by Crippen LogP contribution is 2.33. The molecule has 0 spiro atoms. The normalized spacial score (nSPS) is 23.5. The Kier molecular flexibility index (Phi) is 5.66. The number of benzene rings is 2. The van der Waals surface area contributed by atoms with E-state index in [2.05, 4.69) is 27.7 Å². The minimum atomic E-state index is -1.04. The fourth-order valence-corrected chi connectivity index (χ4v) is 5.21. The molecule has 7 nitrogen and oxygen atoms in total. The number of piperidine rings is 1. The van der Waals surface area contributed by atoms with Crippen molar-refractivity contribution >= 4 is 23.5 Å². The minimum Gasteiger partial charge on any atom is -0.326 e. The summed E-state index contributed by atoms with van der Waals surface area (Å²) in [6.07, 6.45) is 4.64. The molecule has 2 saturated heterocycles. The van der Waals surface area contributed by atoms with Crippen molar-refractivity contribution in [2.45, 2.75) is 44.6 Å². The molecule has 2 N–H and O–H groups in total. The Bertz CT molecular complexity index is 1080. The summed E-state index contributed by atoms with van der Waals surface area (Å²) in [5, 5.41) is 5.90. The molecule has 2 aliphatic heterocycles. The van der Waals surface area contributed by atoms with Gasteiger partial charge in [0.25, 0.3) is 5.91 Å². The monoisotopic (exact) mass is 446 g/mol. The lowest BCUT2D eigenvalue weighted by molar-refractivity contribution is -0.133. The van der Waals surface area contributed by atoms with Crippen LogP contribution in [0.25, 0.3) is 0 Å². The van der Waals surface area contributed by atoms with Gasteiger partial charge in [-0.15, -0.1) is 0 Å². The van der Waals surface area contributed by atoms with Crippen LogP contribution in [-0.4, -0.2) is 47.4 Å². The van der Waals surface area contributed by atoms with E-state index in [4.69, 9.17) is 0 Å². The quantitative estimate of drug-likeness (QED) is 0.691. The molecule has 2 heterocycles. The number of amides is 4. The molecule has 2 aromatic rings. The van der Waals surface area contributed by atoms with Crippen molar-refractivity contribution in [3.63, 3.8) is 0 Å². The molecule has 172 valence electrons. The predicted octanol–water partition coefficient (Wildman–Crippen LogP) is 3.25. The van der Waals surface area contributed by atoms with Crippen molar-refractivity contribution in [1.29, 1.82) is 0 Å². The zero-order chi connectivity index (χ0) is 23.0. The van der Waals surface area contributed by atoms with Gasteiger partial charge in [-0.1, -0.05) is 36.4 Å². The molecule has 4 amide bonds. The van der Waals surface area contributed by atoms with E-state index in [1.165, 1.54) is 16.0 Å². The number of fused-ring (bicyclic) bond motifs is 1. The van der Waals surface area contributed by atoms with Crippen molar-refractivity contribution in [1.82, 2.24) is 15.1 Å². The van der Waals surface area contributed by atoms with Gasteiger partial charge in [-0.3, -0.25) is 14.5 Å². The van der Waals surface area contributed by atoms with Gasteiger partial charge in [0.1, 0.15) is 5.54 Å². The lowest BCUT2D eigenvalue weighted by Gasteiger charge is -2.33. The smallest absolute Gasteiger partial charge is 0.326 e. The first-order chi connectivity index (χ1) is 15.9. The van der Waals surface area contributed by atoms with Crippen molar-refractivity contribution in [2.24, 2.45) is 5.92 Å². The number of rotatable bonds is 5. The van der Waals surface area contributed by atoms with Crippen LogP contribution >= 0.6 is 0 Å². The molecule has 0 unspecified atom stereocenters. The summed E-state index contributed by atoms with van der Waals surface area (Å²) in [6, 6.07) is 15.3. The third-order valence-corrected chi connectivity index (χ3v) is 7.29. The summed E-state index contributed by atoms with van der Waals surface area (Å²) in [4.78, 5) is 42.1. The molecule has 2 aromatic carbocycles. The summed E-state index contributed by atoms with van der Waals surface area (Å²) >= 11 is 0. The third kappa shape index (κ3) is 4.13. The van der Waals surface area contributed by atoms with Crippen LogP contribution in [-0.2, 0) is 28.0 Å². The largest absolute Gasteiger partial charge is 0.326 e. The maximum Gasteiger partial charge on any atom is 0.326 e. The SMILES string of the molecule is C[C@@]1(c2ccc3c(c2)CCC3)NC(=O)N(CN2CCC(C(=O)Nc3ccccc3)CC2)C1=O. The van der Waals surface area contributed by atoms with Gasteiger partial charge in [-0.25, -0.2) is 9.69 Å². The maximum atomic E-state index is 13.3. The van der Waals surface area contributed by atoms with Crippen molar-refractivity contribution in [2.75, 3.05) is 25.1 Å². The second kappa shape index (κ2) is 8.63. The molecule has 0 aromatic heterocycles. The molecular formula is C26H30N4O3. The Labute approximate surface area is 194 Å². The number of hydrogen-bond donors (Lipinski definition) is 2. The summed E-state index contributed by atoms with van der Waals surface area (Å²) in [5.41, 5.74) is 3.23. The van der Waals surface area contributed by atoms with E-state index in [9.17, 15) is 14.4 Å². The van der Waals surface area contributed by atoms with E-state index in [0.29, 0.717) is 25.9 Å². The number of nitrogens with one attached hydrogen (secondary N) is 2. The Morgan fingerprint density at radius 1 is 1.06 bits per heavy atom. The highest BCUT2D eigenvalue weighted by atomic mass is 16.2. The number of imide groups is 1. The van der Waals surface area contributed by atoms with Gasteiger partial charge in [0, 0.05) is 24.7 Å². The molecule has 3 aliphatic rings. The van der Waals surface area contributed by atoms with Gasteiger partial charge in [0.2, 0.25) is 5.91 Å². The van der Waals surface area contributed by atoms with Gasteiger partial charge >= 0.3 is 6.03 Å². The van der Waals surface area contributed by atoms with Gasteiger partial charge in [0.15, 0.2) is 0 Å². The fourth-order valence-electron chi connectivity index (χ4n) is 5.21. The van der Waals surface area contributed by atoms with Crippen LogP contribution in [0.2, 0.25) is 0 Å². The summed E-state index contributed by atoms with van der Waals surface area (Å²) in [7, 11) is 0. The molecular weight excluding hydrogens is 416 g/mol. The zero-order valence-corrected chi connectivity index (χ0v) is 19.0. The van der Waals surface area contributed by atoms with Crippen LogP contribution in [0.1, 0.15) is 42.9 Å². The van der Waals surface area contributed by atoms with E-state index < -0.39 is 5.54 Å². The summed E-state index contributed by atoms with van der Waals surface area (Å²) in [6.45, 7) is 3.38. The maximum absolute atomic E-state index is 13.3. The van der Waals surface area contributed by atoms with E-state index >= 15 is 0 Å². The molecule has 0 saturated carbocycles. The van der Waals surface area contributed by atoms with E-state index in [1.54, 1.807) is 6.92 Å². The number of aryl methyl sites for hydroxylation is 2. The van der Waals surface area contributed by atoms with Gasteiger partial charge < -0.3 is 10.6 Å². The Balaban J connectivity index is 1.19. The molecule has 0 bridgehead atoms. The molecule has 33 heavy (non-hydrogen) atoms. The summed E-state index contributed by atoms with van der Waals surface area (Å²) < 4.78 is 0. The second-order valence-corrected chi connectivity index (χ2v) is 9.51. The van der Waals surface area contributed by atoms with Crippen molar-refractivity contribution in [3.8, 4) is 0 Å². The highest BCUT2D eigenvalue weighted by molar-refractivity contribution is 6.07. The number of likely N-dealkylation sites (tertiary alicyclic amines) is 1. The zero-order valence-electron chi connectivity index (χ0n) is 19.0. The molecule has 7 heteroatoms. The molecule has 2 fully saturated rings. The topological polar surface area (TPSA) is 81.8 Å². The molecule has 0 radical (unpaired) electrons. The first-order valence-electron chi connectivity index (χ1n) is 11.8. The number of nitrogens with zero attached hydrogens (tertiary/aromatic N) is 2. The van der Waals surface area contributed by atoms with Crippen LogP contribution in [0.5, 0.6) is 0 Å². The van der Waals surface area contributed by atoms with Gasteiger partial charge in [0.05, 0.1) is 6.67 Å². The second-order valence-electron chi connectivity index (χ2n) is 9.51. The molecule has 1 atom stereocenters. The van der Waals surface area contributed by atoms with Crippen LogP contribution < -0.4 is 10.6 Å². The molecule has 5 rings (SSSR count). The van der Waals surface area contributed by atoms with Gasteiger partial charge in [-0.2, -0.15) is 0 Å². The number of carbonyl (C=O) groups excluding carboxylic acids is 3. The van der Waals surface area contributed by atoms with Crippen LogP contribution in [0.3, 0.4) is 0 Å². The van der Waals surface area contributed by atoms with Crippen LogP contribution in [0, 0.1) is 5.92 Å². The number of hydrogen-bond acceptors (Lipinski definition) is 4. The van der Waals surface area contributed by atoms with Crippen molar-refractivity contribution in [3.05, 3.63) is 65.2 Å². The third-order valence-electron chi connectivity index (χ3n) is 7.29. The number of anilines is 1. The predicted molar refractivity (Wildman–Crippen MR) is 125 cm³/mol. The fraction of sp³-hybridized carbons (Fsp3) is 0.423. The number of carbonyl (C=O) groups is 3. The average Bonchev–Trinajstić information content (AvgIpc) is 3.38. The highest BCUT2D eigenvalue weighted by Gasteiger charge is 2.49. The molecule has 1 aliphatic carbocycles. The lowest BCUT2D eigenvalue weighted by Crippen LogP contribution is -2.47. The van der Waals surface area contributed by atoms with E-state index in [-0.39, 0.29) is 30.4 Å². The van der Waals surface area contributed by atoms with E-state index in [0.717, 1.165) is 30.5 Å². The van der Waals surface area contributed by atoms with Crippen LogP contribution in [0.4, 0.5) is 10.5 Å². The van der Waals surface area contributed by atoms with E-state index in [1.807, 2.05) is 36.4 Å². The number of urea groups is 1. The van der Waals surface area contributed by atoms with Crippen molar-refractivity contribution < 1.29 is 14.4 Å².